The topological polar surface area (TPSA) is 190 Å². The minimum atomic E-state index is -1.23. The predicted octanol–water partition coefficient (Wildman–Crippen LogP) is 3.26. The number of aromatic carboxylic acids is 4. The van der Waals surface area contributed by atoms with E-state index in [1.807, 2.05) is 0 Å². The first-order valence-corrected chi connectivity index (χ1v) is 8.64. The molecule has 0 atom stereocenters. The van der Waals surface area contributed by atoms with Gasteiger partial charge in [0, 0.05) is 0 Å². The summed E-state index contributed by atoms with van der Waals surface area (Å²) < 4.78 is 0. The van der Waals surface area contributed by atoms with Crippen LogP contribution in [0, 0.1) is 0 Å². The molecule has 166 valence electrons. The summed E-state index contributed by atoms with van der Waals surface area (Å²) >= 11 is 0. The second-order valence-corrected chi connectivity index (χ2v) is 5.80. The van der Waals surface area contributed by atoms with E-state index in [0.717, 1.165) is 0 Å². The van der Waals surface area contributed by atoms with Gasteiger partial charge in [0.25, 0.3) is 0 Å². The molecule has 10 nitrogen and oxygen atoms in total. The van der Waals surface area contributed by atoms with Crippen LogP contribution in [0.1, 0.15) is 41.4 Å². The second-order valence-electron chi connectivity index (χ2n) is 5.80. The molecule has 32 heavy (non-hydrogen) atoms. The maximum atomic E-state index is 10.5. The molecule has 0 bridgehead atoms. The van der Waals surface area contributed by atoms with Gasteiger partial charge in [-0.25, -0.2) is 19.2 Å². The molecule has 0 aromatic heterocycles. The molecule has 0 amide bonds. The molecule has 0 aliphatic carbocycles. The number of rotatable bonds is 4. The lowest BCUT2D eigenvalue weighted by Crippen LogP contribution is -2.06. The number of carboxylic acids is 4. The van der Waals surface area contributed by atoms with Gasteiger partial charge in [0.15, 0.2) is 0 Å². The molecular weight excluding hydrogens is 424 g/mol. The van der Waals surface area contributed by atoms with Gasteiger partial charge in [0.2, 0.25) is 0 Å². The summed E-state index contributed by atoms with van der Waals surface area (Å²) in [5.74, 6) is -5.08. The van der Waals surface area contributed by atoms with Crippen molar-refractivity contribution in [1.29, 1.82) is 0 Å². The van der Waals surface area contributed by atoms with E-state index in [4.69, 9.17) is 30.6 Å². The van der Waals surface area contributed by atoms with E-state index in [9.17, 15) is 19.2 Å². The standard InChI is InChI=1S/C8H6O4.2C7H6O3/c9-7(10)5-3-1-2-4-6(5)8(11)12;2*8-6-4-2-1-3-5(6)7(9)10/h1-4H,(H,9,10)(H,11,12);2*1-4,8H,(H,9,10). The maximum Gasteiger partial charge on any atom is 0.339 e. The molecule has 0 heterocycles. The molecule has 0 aliphatic heterocycles. The number of carboxylic acid groups (broad SMARTS) is 4. The van der Waals surface area contributed by atoms with E-state index in [1.165, 1.54) is 48.5 Å². The highest BCUT2D eigenvalue weighted by Crippen LogP contribution is 2.15. The number of aromatic hydroxyl groups is 2. The summed E-state index contributed by atoms with van der Waals surface area (Å²) in [4.78, 5) is 41.4. The predicted molar refractivity (Wildman–Crippen MR) is 110 cm³/mol. The van der Waals surface area contributed by atoms with Gasteiger partial charge in [-0.2, -0.15) is 0 Å². The molecule has 3 aromatic carbocycles. The Morgan fingerprint density at radius 1 is 0.406 bits per heavy atom. The molecule has 0 aliphatic rings. The van der Waals surface area contributed by atoms with Crippen LogP contribution in [-0.2, 0) is 0 Å². The van der Waals surface area contributed by atoms with Crippen molar-refractivity contribution < 1.29 is 49.8 Å². The summed E-state index contributed by atoms with van der Waals surface area (Å²) in [5, 5.41) is 51.7. The van der Waals surface area contributed by atoms with Crippen molar-refractivity contribution in [3.05, 3.63) is 95.1 Å². The van der Waals surface area contributed by atoms with Crippen molar-refractivity contribution in [2.75, 3.05) is 0 Å². The fourth-order valence-corrected chi connectivity index (χ4v) is 2.17. The second kappa shape index (κ2) is 12.0. The summed E-state index contributed by atoms with van der Waals surface area (Å²) in [7, 11) is 0. The van der Waals surface area contributed by atoms with Crippen LogP contribution in [-0.4, -0.2) is 54.5 Å². The van der Waals surface area contributed by atoms with Gasteiger partial charge in [0.1, 0.15) is 22.6 Å². The summed E-state index contributed by atoms with van der Waals surface area (Å²) in [5.41, 5.74) is -0.514. The highest BCUT2D eigenvalue weighted by atomic mass is 16.4. The average Bonchev–Trinajstić information content (AvgIpc) is 2.75. The van der Waals surface area contributed by atoms with Crippen LogP contribution in [0.3, 0.4) is 0 Å². The SMILES string of the molecule is O=C(O)c1ccccc1C(=O)O.O=C(O)c1ccccc1O.O=C(O)c1ccccc1O. The van der Waals surface area contributed by atoms with E-state index >= 15 is 0 Å². The third kappa shape index (κ3) is 7.52. The van der Waals surface area contributed by atoms with Gasteiger partial charge >= 0.3 is 23.9 Å². The smallest absolute Gasteiger partial charge is 0.339 e. The molecule has 6 N–H and O–H groups in total. The van der Waals surface area contributed by atoms with E-state index in [-0.39, 0.29) is 33.8 Å². The molecule has 0 spiro atoms. The van der Waals surface area contributed by atoms with Gasteiger partial charge in [-0.1, -0.05) is 36.4 Å². The molecule has 3 aromatic rings. The summed E-state index contributed by atoms with van der Waals surface area (Å²) in [6.45, 7) is 0. The Morgan fingerprint density at radius 2 is 0.625 bits per heavy atom. The Bertz CT molecular complexity index is 1030. The largest absolute Gasteiger partial charge is 0.507 e. The van der Waals surface area contributed by atoms with E-state index in [0.29, 0.717) is 0 Å². The van der Waals surface area contributed by atoms with Crippen LogP contribution in [0.25, 0.3) is 0 Å². The molecule has 0 fully saturated rings. The fourth-order valence-electron chi connectivity index (χ4n) is 2.17. The molecule has 0 unspecified atom stereocenters. The van der Waals surface area contributed by atoms with E-state index < -0.39 is 23.9 Å². The Balaban J connectivity index is 0.000000241. The molecular formula is C22H18O10. The van der Waals surface area contributed by atoms with Crippen LogP contribution in [0.2, 0.25) is 0 Å². The zero-order valence-corrected chi connectivity index (χ0v) is 16.2. The van der Waals surface area contributed by atoms with E-state index in [1.54, 1.807) is 24.3 Å². The van der Waals surface area contributed by atoms with Crippen molar-refractivity contribution in [2.45, 2.75) is 0 Å². The van der Waals surface area contributed by atoms with Crippen molar-refractivity contribution in [1.82, 2.24) is 0 Å². The van der Waals surface area contributed by atoms with Crippen molar-refractivity contribution >= 4 is 23.9 Å². The Morgan fingerprint density at radius 3 is 0.812 bits per heavy atom. The number of benzene rings is 3. The van der Waals surface area contributed by atoms with Gasteiger partial charge in [0.05, 0.1) is 11.1 Å². The van der Waals surface area contributed by atoms with Crippen LogP contribution < -0.4 is 0 Å². The highest BCUT2D eigenvalue weighted by molar-refractivity contribution is 6.01. The monoisotopic (exact) mass is 442 g/mol. The zero-order chi connectivity index (χ0) is 24.3. The van der Waals surface area contributed by atoms with Crippen molar-refractivity contribution in [3.8, 4) is 11.5 Å². The Labute approximate surface area is 180 Å². The Hall–Kier alpha value is -4.86. The molecule has 3 rings (SSSR count). The number of carbonyl (C=O) groups is 4. The first kappa shape index (κ1) is 25.2. The lowest BCUT2D eigenvalue weighted by molar-refractivity contribution is 0.0651. The van der Waals surface area contributed by atoms with Gasteiger partial charge in [-0.05, 0) is 36.4 Å². The highest BCUT2D eigenvalue weighted by Gasteiger charge is 2.13. The third-order valence-corrected chi connectivity index (χ3v) is 3.66. The first-order chi connectivity index (χ1) is 15.1. The fraction of sp³-hybridized carbons (Fsp3) is 0. The maximum absolute atomic E-state index is 10.5. The lowest BCUT2D eigenvalue weighted by Gasteiger charge is -1.98. The molecule has 0 saturated carbocycles. The summed E-state index contributed by atoms with van der Waals surface area (Å²) in [6.07, 6.45) is 0. The normalized spacial score (nSPS) is 9.25. The summed E-state index contributed by atoms with van der Waals surface area (Å²) in [6, 6.07) is 17.1. The van der Waals surface area contributed by atoms with E-state index in [2.05, 4.69) is 0 Å². The van der Waals surface area contributed by atoms with Gasteiger partial charge in [-0.3, -0.25) is 0 Å². The quantitative estimate of drug-likeness (QED) is 0.350. The van der Waals surface area contributed by atoms with Crippen molar-refractivity contribution in [3.63, 3.8) is 0 Å². The van der Waals surface area contributed by atoms with Gasteiger partial charge in [-0.15, -0.1) is 0 Å². The Kier molecular flexibility index (Phi) is 9.42. The molecule has 0 radical (unpaired) electrons. The lowest BCUT2D eigenvalue weighted by atomic mass is 10.1. The van der Waals surface area contributed by atoms with Crippen molar-refractivity contribution in [2.24, 2.45) is 0 Å². The van der Waals surface area contributed by atoms with Crippen LogP contribution in [0.5, 0.6) is 11.5 Å². The minimum Gasteiger partial charge on any atom is -0.507 e. The number of hydrogen-bond donors (Lipinski definition) is 6. The van der Waals surface area contributed by atoms with Gasteiger partial charge < -0.3 is 30.6 Å². The van der Waals surface area contributed by atoms with Crippen LogP contribution >= 0.6 is 0 Å². The first-order valence-electron chi connectivity index (χ1n) is 8.64. The van der Waals surface area contributed by atoms with Crippen LogP contribution in [0.4, 0.5) is 0 Å². The number of para-hydroxylation sites is 2. The third-order valence-electron chi connectivity index (χ3n) is 3.66. The minimum absolute atomic E-state index is 0.0671. The number of hydrogen-bond acceptors (Lipinski definition) is 6. The average molecular weight is 442 g/mol. The van der Waals surface area contributed by atoms with Crippen LogP contribution in [0.15, 0.2) is 72.8 Å². The number of phenols is 2. The zero-order valence-electron chi connectivity index (χ0n) is 16.2. The molecule has 10 heteroatoms. The molecule has 0 saturated heterocycles.